The third-order valence-electron chi connectivity index (χ3n) is 2.72. The van der Waals surface area contributed by atoms with E-state index < -0.39 is 0 Å². The van der Waals surface area contributed by atoms with Crippen LogP contribution in [0, 0.1) is 0 Å². The molecule has 7 heteroatoms. The lowest BCUT2D eigenvalue weighted by Crippen LogP contribution is -2.24. The molecule has 0 saturated heterocycles. The van der Waals surface area contributed by atoms with Crippen LogP contribution in [0.4, 0.5) is 11.5 Å². The molecule has 2 N–H and O–H groups in total. The monoisotopic (exact) mass is 318 g/mol. The summed E-state index contributed by atoms with van der Waals surface area (Å²) in [6.45, 7) is 3.91. The molecule has 2 aromatic rings. The summed E-state index contributed by atoms with van der Waals surface area (Å²) in [4.78, 5) is 19.9. The van der Waals surface area contributed by atoms with Crippen LogP contribution in [0.25, 0.3) is 0 Å². The third kappa shape index (κ3) is 3.95. The Kier molecular flexibility index (Phi) is 5.32. The largest absolute Gasteiger partial charge is 0.495 e. The van der Waals surface area contributed by atoms with Gasteiger partial charge in [0.05, 0.1) is 24.5 Å². The van der Waals surface area contributed by atoms with Crippen LogP contribution >= 0.6 is 11.6 Å². The topological polar surface area (TPSA) is 76.1 Å². The van der Waals surface area contributed by atoms with Crippen molar-refractivity contribution in [3.05, 3.63) is 54.0 Å². The average Bonchev–Trinajstić information content (AvgIpc) is 2.53. The summed E-state index contributed by atoms with van der Waals surface area (Å²) in [5, 5.41) is 6.16. The number of hydrogen-bond donors (Lipinski definition) is 2. The number of methoxy groups -OCH3 is 1. The van der Waals surface area contributed by atoms with Gasteiger partial charge in [0.25, 0.3) is 5.91 Å². The minimum atomic E-state index is -0.300. The molecule has 0 aliphatic carbocycles. The van der Waals surface area contributed by atoms with Gasteiger partial charge in [-0.2, -0.15) is 0 Å². The van der Waals surface area contributed by atoms with Gasteiger partial charge in [-0.15, -0.1) is 6.58 Å². The standard InChI is InChI=1S/C15H15ClN4O2/c1-3-6-17-15(21)12-8-19-14(9-18-12)20-10-4-5-13(22-2)11(16)7-10/h3-5,7-9H,1,6H2,2H3,(H,17,21)(H,19,20). The minimum Gasteiger partial charge on any atom is -0.495 e. The quantitative estimate of drug-likeness (QED) is 0.801. The van der Waals surface area contributed by atoms with Gasteiger partial charge in [-0.3, -0.25) is 4.79 Å². The van der Waals surface area contributed by atoms with Crippen molar-refractivity contribution in [3.8, 4) is 5.75 Å². The summed E-state index contributed by atoms with van der Waals surface area (Å²) < 4.78 is 5.09. The van der Waals surface area contributed by atoms with E-state index in [1.807, 2.05) is 0 Å². The van der Waals surface area contributed by atoms with E-state index in [4.69, 9.17) is 16.3 Å². The Morgan fingerprint density at radius 3 is 2.82 bits per heavy atom. The Bertz CT molecular complexity index is 674. The summed E-state index contributed by atoms with van der Waals surface area (Å²) >= 11 is 6.05. The molecule has 114 valence electrons. The molecule has 1 amide bonds. The molecule has 0 atom stereocenters. The number of nitrogens with one attached hydrogen (secondary N) is 2. The van der Waals surface area contributed by atoms with Gasteiger partial charge in [0, 0.05) is 12.2 Å². The van der Waals surface area contributed by atoms with Crippen LogP contribution in [0.15, 0.2) is 43.2 Å². The molecule has 1 aromatic carbocycles. The highest BCUT2D eigenvalue weighted by molar-refractivity contribution is 6.32. The fourth-order valence-corrected chi connectivity index (χ4v) is 1.91. The van der Waals surface area contributed by atoms with Gasteiger partial charge in [0.1, 0.15) is 17.3 Å². The number of aromatic nitrogens is 2. The number of rotatable bonds is 6. The number of anilines is 2. The molecule has 6 nitrogen and oxygen atoms in total. The molecule has 1 heterocycles. The highest BCUT2D eigenvalue weighted by atomic mass is 35.5. The van der Waals surface area contributed by atoms with Crippen LogP contribution in [-0.2, 0) is 0 Å². The SMILES string of the molecule is C=CCNC(=O)c1cnc(Nc2ccc(OC)c(Cl)c2)cn1. The number of carbonyl (C=O) groups excluding carboxylic acids is 1. The number of hydrogen-bond acceptors (Lipinski definition) is 5. The molecule has 22 heavy (non-hydrogen) atoms. The molecule has 0 fully saturated rings. The molecule has 0 aliphatic rings. The molecule has 2 rings (SSSR count). The van der Waals surface area contributed by atoms with E-state index in [0.29, 0.717) is 23.1 Å². The highest BCUT2D eigenvalue weighted by Gasteiger charge is 2.07. The fraction of sp³-hybridized carbons (Fsp3) is 0.133. The van der Waals surface area contributed by atoms with Crippen molar-refractivity contribution in [2.45, 2.75) is 0 Å². The van der Waals surface area contributed by atoms with Gasteiger partial charge < -0.3 is 15.4 Å². The van der Waals surface area contributed by atoms with Crippen molar-refractivity contribution in [1.29, 1.82) is 0 Å². The van der Waals surface area contributed by atoms with Gasteiger partial charge in [-0.1, -0.05) is 17.7 Å². The van der Waals surface area contributed by atoms with E-state index in [-0.39, 0.29) is 11.6 Å². The number of benzene rings is 1. The second-order valence-corrected chi connectivity index (χ2v) is 4.67. The first-order valence-corrected chi connectivity index (χ1v) is 6.83. The average molecular weight is 319 g/mol. The zero-order chi connectivity index (χ0) is 15.9. The lowest BCUT2D eigenvalue weighted by atomic mass is 10.3. The minimum absolute atomic E-state index is 0.236. The molecular formula is C15H15ClN4O2. The number of nitrogens with zero attached hydrogens (tertiary/aromatic N) is 2. The molecule has 0 aliphatic heterocycles. The van der Waals surface area contributed by atoms with Gasteiger partial charge in [-0.25, -0.2) is 9.97 Å². The zero-order valence-electron chi connectivity index (χ0n) is 12.0. The van der Waals surface area contributed by atoms with Crippen molar-refractivity contribution in [2.75, 3.05) is 19.0 Å². The van der Waals surface area contributed by atoms with E-state index >= 15 is 0 Å². The maximum atomic E-state index is 11.7. The Hall–Kier alpha value is -2.60. The highest BCUT2D eigenvalue weighted by Crippen LogP contribution is 2.28. The van der Waals surface area contributed by atoms with Crippen LogP contribution in [0.5, 0.6) is 5.75 Å². The maximum absolute atomic E-state index is 11.7. The second kappa shape index (κ2) is 7.42. The van der Waals surface area contributed by atoms with Crippen molar-refractivity contribution < 1.29 is 9.53 Å². The number of halogens is 1. The van der Waals surface area contributed by atoms with Crippen LogP contribution < -0.4 is 15.4 Å². The molecule has 0 bridgehead atoms. The Morgan fingerprint density at radius 2 is 2.23 bits per heavy atom. The molecule has 0 radical (unpaired) electrons. The van der Waals surface area contributed by atoms with E-state index in [2.05, 4.69) is 27.2 Å². The first-order chi connectivity index (χ1) is 10.6. The van der Waals surface area contributed by atoms with Crippen LogP contribution in [-0.4, -0.2) is 29.5 Å². The van der Waals surface area contributed by atoms with E-state index in [1.165, 1.54) is 12.4 Å². The van der Waals surface area contributed by atoms with Gasteiger partial charge in [0.15, 0.2) is 0 Å². The Morgan fingerprint density at radius 1 is 1.41 bits per heavy atom. The summed E-state index contributed by atoms with van der Waals surface area (Å²) in [7, 11) is 1.55. The first kappa shape index (κ1) is 15.8. The Balaban J connectivity index is 2.06. The normalized spacial score (nSPS) is 9.91. The molecule has 1 aromatic heterocycles. The number of ether oxygens (including phenoxy) is 1. The van der Waals surface area contributed by atoms with Crippen molar-refractivity contribution in [1.82, 2.24) is 15.3 Å². The van der Waals surface area contributed by atoms with Crippen molar-refractivity contribution in [3.63, 3.8) is 0 Å². The van der Waals surface area contributed by atoms with Crippen molar-refractivity contribution >= 4 is 29.0 Å². The third-order valence-corrected chi connectivity index (χ3v) is 3.01. The van der Waals surface area contributed by atoms with Crippen LogP contribution in [0.3, 0.4) is 0 Å². The summed E-state index contributed by atoms with van der Waals surface area (Å²) in [6.07, 6.45) is 4.46. The van der Waals surface area contributed by atoms with Crippen LogP contribution in [0.1, 0.15) is 10.5 Å². The number of carbonyl (C=O) groups is 1. The predicted molar refractivity (Wildman–Crippen MR) is 85.8 cm³/mol. The first-order valence-electron chi connectivity index (χ1n) is 6.45. The summed E-state index contributed by atoms with van der Waals surface area (Å²) in [6, 6.07) is 5.26. The van der Waals surface area contributed by atoms with Gasteiger partial charge in [-0.05, 0) is 18.2 Å². The Labute approximate surface area is 133 Å². The van der Waals surface area contributed by atoms with Gasteiger partial charge >= 0.3 is 0 Å². The molecule has 0 unspecified atom stereocenters. The number of amides is 1. The van der Waals surface area contributed by atoms with Crippen LogP contribution in [0.2, 0.25) is 5.02 Å². The smallest absolute Gasteiger partial charge is 0.271 e. The predicted octanol–water partition coefficient (Wildman–Crippen LogP) is 2.80. The lowest BCUT2D eigenvalue weighted by molar-refractivity contribution is 0.0952. The maximum Gasteiger partial charge on any atom is 0.271 e. The fourth-order valence-electron chi connectivity index (χ4n) is 1.66. The van der Waals surface area contributed by atoms with E-state index in [0.717, 1.165) is 5.69 Å². The van der Waals surface area contributed by atoms with Gasteiger partial charge in [0.2, 0.25) is 0 Å². The lowest BCUT2D eigenvalue weighted by Gasteiger charge is -2.08. The zero-order valence-corrected chi connectivity index (χ0v) is 12.7. The molecular weight excluding hydrogens is 304 g/mol. The van der Waals surface area contributed by atoms with E-state index in [1.54, 1.807) is 31.4 Å². The van der Waals surface area contributed by atoms with E-state index in [9.17, 15) is 4.79 Å². The second-order valence-electron chi connectivity index (χ2n) is 4.26. The molecule has 0 spiro atoms. The summed E-state index contributed by atoms with van der Waals surface area (Å²) in [5.74, 6) is 0.792. The summed E-state index contributed by atoms with van der Waals surface area (Å²) in [5.41, 5.74) is 0.976. The molecule has 0 saturated carbocycles. The van der Waals surface area contributed by atoms with Crippen molar-refractivity contribution in [2.24, 2.45) is 0 Å².